The fourth-order valence-electron chi connectivity index (χ4n) is 2.08. The highest BCUT2D eigenvalue weighted by Crippen LogP contribution is 2.30. The Kier molecular flexibility index (Phi) is 4.46. The number of carbonyl (C=O) groups is 1. The Labute approximate surface area is 128 Å². The van der Waals surface area contributed by atoms with Gasteiger partial charge in [0.05, 0.1) is 23.9 Å². The summed E-state index contributed by atoms with van der Waals surface area (Å²) in [6.45, 7) is 7.22. The van der Waals surface area contributed by atoms with Gasteiger partial charge in [-0.05, 0) is 17.5 Å². The number of methoxy groups -OCH3 is 1. The molecular weight excluding hydrogens is 288 g/mol. The molecule has 0 spiro atoms. The Morgan fingerprint density at radius 3 is 2.71 bits per heavy atom. The van der Waals surface area contributed by atoms with Gasteiger partial charge in [0.15, 0.2) is 5.16 Å². The first-order chi connectivity index (χ1) is 9.80. The lowest BCUT2D eigenvalue weighted by Gasteiger charge is -2.21. The highest BCUT2D eigenvalue weighted by atomic mass is 32.2. The van der Waals surface area contributed by atoms with E-state index in [4.69, 9.17) is 9.84 Å². The van der Waals surface area contributed by atoms with Crippen LogP contribution in [0.1, 0.15) is 20.8 Å². The number of nitrogens with zero attached hydrogens (tertiary/aromatic N) is 2. The molecule has 1 heterocycles. The van der Waals surface area contributed by atoms with Crippen molar-refractivity contribution in [1.29, 1.82) is 0 Å². The lowest BCUT2D eigenvalue weighted by Crippen LogP contribution is -2.16. The summed E-state index contributed by atoms with van der Waals surface area (Å²) < 4.78 is 7.31. The van der Waals surface area contributed by atoms with Crippen molar-refractivity contribution >= 4 is 28.8 Å². The Morgan fingerprint density at radius 1 is 1.43 bits per heavy atom. The standard InChI is InChI=1S/C15H20N2O3S/c1-15(2,3)9-17-12-6-5-10(20-4)7-11(12)16-14(17)21-8-13(18)19/h5-7H,8-9H2,1-4H3,(H,18,19). The minimum Gasteiger partial charge on any atom is -0.497 e. The monoisotopic (exact) mass is 308 g/mol. The van der Waals surface area contributed by atoms with Crippen molar-refractivity contribution in [3.8, 4) is 5.75 Å². The summed E-state index contributed by atoms with van der Waals surface area (Å²) in [5.74, 6) is -0.0884. The number of hydrogen-bond acceptors (Lipinski definition) is 4. The number of thioether (sulfide) groups is 1. The number of carboxylic acids is 1. The SMILES string of the molecule is COc1ccc2c(c1)nc(SCC(=O)O)n2CC(C)(C)C. The smallest absolute Gasteiger partial charge is 0.313 e. The Hall–Kier alpha value is -1.69. The minimum absolute atomic E-state index is 0.00456. The van der Waals surface area contributed by atoms with Gasteiger partial charge in [0.2, 0.25) is 0 Å². The average Bonchev–Trinajstić information content (AvgIpc) is 2.71. The molecule has 6 heteroatoms. The van der Waals surface area contributed by atoms with Crippen molar-refractivity contribution in [2.45, 2.75) is 32.5 Å². The Balaban J connectivity index is 2.47. The maximum absolute atomic E-state index is 10.8. The molecule has 2 aromatic rings. The van der Waals surface area contributed by atoms with Crippen LogP contribution < -0.4 is 4.74 Å². The van der Waals surface area contributed by atoms with E-state index in [9.17, 15) is 4.79 Å². The number of fused-ring (bicyclic) bond motifs is 1. The van der Waals surface area contributed by atoms with Crippen LogP contribution in [0.4, 0.5) is 0 Å². The lowest BCUT2D eigenvalue weighted by atomic mass is 9.97. The van der Waals surface area contributed by atoms with Crippen LogP contribution in [0.2, 0.25) is 0 Å². The van der Waals surface area contributed by atoms with Gasteiger partial charge in [-0.2, -0.15) is 0 Å². The zero-order chi connectivity index (χ0) is 15.6. The molecule has 0 aliphatic rings. The second-order valence-electron chi connectivity index (χ2n) is 6.08. The van der Waals surface area contributed by atoms with E-state index in [1.807, 2.05) is 18.2 Å². The quantitative estimate of drug-likeness (QED) is 0.859. The molecule has 0 amide bonds. The van der Waals surface area contributed by atoms with Gasteiger partial charge in [-0.1, -0.05) is 32.5 Å². The number of aliphatic carboxylic acids is 1. The summed E-state index contributed by atoms with van der Waals surface area (Å²) in [5, 5.41) is 9.61. The number of carboxylic acid groups (broad SMARTS) is 1. The maximum atomic E-state index is 10.8. The molecule has 1 aromatic heterocycles. The van der Waals surface area contributed by atoms with Crippen LogP contribution >= 0.6 is 11.8 Å². The van der Waals surface area contributed by atoms with Crippen LogP contribution in [0.25, 0.3) is 11.0 Å². The van der Waals surface area contributed by atoms with E-state index in [0.717, 1.165) is 28.5 Å². The van der Waals surface area contributed by atoms with Crippen molar-refractivity contribution in [2.24, 2.45) is 5.41 Å². The van der Waals surface area contributed by atoms with Gasteiger partial charge in [0.1, 0.15) is 5.75 Å². The normalized spacial score (nSPS) is 11.8. The predicted molar refractivity (Wildman–Crippen MR) is 84.1 cm³/mol. The fraction of sp³-hybridized carbons (Fsp3) is 0.467. The van der Waals surface area contributed by atoms with E-state index >= 15 is 0 Å². The molecule has 114 valence electrons. The maximum Gasteiger partial charge on any atom is 0.313 e. The summed E-state index contributed by atoms with van der Waals surface area (Å²) in [6, 6.07) is 5.74. The molecule has 0 aliphatic heterocycles. The van der Waals surface area contributed by atoms with Gasteiger partial charge >= 0.3 is 5.97 Å². The summed E-state index contributed by atoms with van der Waals surface area (Å²) >= 11 is 1.25. The fourth-order valence-corrected chi connectivity index (χ4v) is 2.81. The second kappa shape index (κ2) is 5.97. The lowest BCUT2D eigenvalue weighted by molar-refractivity contribution is -0.133. The van der Waals surface area contributed by atoms with Crippen LogP contribution in [0.15, 0.2) is 23.4 Å². The van der Waals surface area contributed by atoms with Crippen LogP contribution in [-0.4, -0.2) is 33.5 Å². The van der Waals surface area contributed by atoms with E-state index in [2.05, 4.69) is 30.3 Å². The van der Waals surface area contributed by atoms with Crippen molar-refractivity contribution in [3.63, 3.8) is 0 Å². The third-order valence-electron chi connectivity index (χ3n) is 2.88. The molecule has 5 nitrogen and oxygen atoms in total. The molecule has 0 saturated heterocycles. The van der Waals surface area contributed by atoms with E-state index < -0.39 is 5.97 Å². The van der Waals surface area contributed by atoms with Crippen LogP contribution in [0, 0.1) is 5.41 Å². The third kappa shape index (κ3) is 3.91. The van der Waals surface area contributed by atoms with E-state index in [0.29, 0.717) is 0 Å². The largest absolute Gasteiger partial charge is 0.497 e. The molecular formula is C15H20N2O3S. The van der Waals surface area contributed by atoms with E-state index in [-0.39, 0.29) is 11.2 Å². The summed E-state index contributed by atoms with van der Waals surface area (Å²) in [6.07, 6.45) is 0. The molecule has 1 N–H and O–H groups in total. The van der Waals surface area contributed by atoms with Crippen LogP contribution in [-0.2, 0) is 11.3 Å². The van der Waals surface area contributed by atoms with Gasteiger partial charge in [-0.25, -0.2) is 4.98 Å². The first-order valence-electron chi connectivity index (χ1n) is 6.69. The second-order valence-corrected chi connectivity index (χ2v) is 7.02. The molecule has 0 radical (unpaired) electrons. The summed E-state index contributed by atoms with van der Waals surface area (Å²) in [5.41, 5.74) is 1.90. The number of ether oxygens (including phenoxy) is 1. The van der Waals surface area contributed by atoms with Crippen molar-refractivity contribution < 1.29 is 14.6 Å². The first kappa shape index (κ1) is 15.7. The predicted octanol–water partition coefficient (Wildman–Crippen LogP) is 3.27. The van der Waals surface area contributed by atoms with Crippen molar-refractivity contribution in [3.05, 3.63) is 18.2 Å². The molecule has 0 bridgehead atoms. The van der Waals surface area contributed by atoms with Gasteiger partial charge < -0.3 is 14.4 Å². The molecule has 0 aliphatic carbocycles. The molecule has 1 aromatic carbocycles. The topological polar surface area (TPSA) is 64.3 Å². The first-order valence-corrected chi connectivity index (χ1v) is 7.67. The van der Waals surface area contributed by atoms with Gasteiger partial charge in [-0.15, -0.1) is 0 Å². The molecule has 2 rings (SSSR count). The van der Waals surface area contributed by atoms with Gasteiger partial charge in [0, 0.05) is 12.6 Å². The zero-order valence-electron chi connectivity index (χ0n) is 12.7. The zero-order valence-corrected chi connectivity index (χ0v) is 13.5. The van der Waals surface area contributed by atoms with Crippen LogP contribution in [0.3, 0.4) is 0 Å². The molecule has 0 unspecified atom stereocenters. The molecule has 0 fully saturated rings. The minimum atomic E-state index is -0.841. The summed E-state index contributed by atoms with van der Waals surface area (Å²) in [7, 11) is 1.62. The van der Waals surface area contributed by atoms with Crippen LogP contribution in [0.5, 0.6) is 5.75 Å². The van der Waals surface area contributed by atoms with Gasteiger partial charge in [0.25, 0.3) is 0 Å². The Morgan fingerprint density at radius 2 is 2.14 bits per heavy atom. The third-order valence-corrected chi connectivity index (χ3v) is 3.84. The van der Waals surface area contributed by atoms with E-state index in [1.54, 1.807) is 7.11 Å². The molecule has 0 saturated carbocycles. The highest BCUT2D eigenvalue weighted by molar-refractivity contribution is 7.99. The van der Waals surface area contributed by atoms with E-state index in [1.165, 1.54) is 11.8 Å². The Bertz CT molecular complexity index is 659. The van der Waals surface area contributed by atoms with Crippen molar-refractivity contribution in [1.82, 2.24) is 9.55 Å². The highest BCUT2D eigenvalue weighted by Gasteiger charge is 2.19. The number of imidazole rings is 1. The molecule has 21 heavy (non-hydrogen) atoms. The summed E-state index contributed by atoms with van der Waals surface area (Å²) in [4.78, 5) is 15.4. The number of hydrogen-bond donors (Lipinski definition) is 1. The van der Waals surface area contributed by atoms with Crippen molar-refractivity contribution in [2.75, 3.05) is 12.9 Å². The van der Waals surface area contributed by atoms with Gasteiger partial charge in [-0.3, -0.25) is 4.79 Å². The molecule has 0 atom stereocenters. The average molecular weight is 308 g/mol. The number of rotatable bonds is 5. The number of aromatic nitrogens is 2. The number of benzene rings is 1.